The van der Waals surface area contributed by atoms with Gasteiger partial charge in [0.1, 0.15) is 6.04 Å². The van der Waals surface area contributed by atoms with E-state index in [2.05, 4.69) is 29.2 Å². The second kappa shape index (κ2) is 8.98. The summed E-state index contributed by atoms with van der Waals surface area (Å²) in [5.41, 5.74) is 0. The van der Waals surface area contributed by atoms with Crippen molar-refractivity contribution in [2.24, 2.45) is 0 Å². The largest absolute Gasteiger partial charge is 0.467 e. The van der Waals surface area contributed by atoms with Crippen LogP contribution in [-0.2, 0) is 14.3 Å². The zero-order valence-electron chi connectivity index (χ0n) is 11.2. The minimum atomic E-state index is -0.517. The topological polar surface area (TPSA) is 67.4 Å². The predicted molar refractivity (Wildman–Crippen MR) is 66.6 cm³/mol. The minimum absolute atomic E-state index is 0.208. The Morgan fingerprint density at radius 1 is 1.24 bits per heavy atom. The Labute approximate surface area is 103 Å². The van der Waals surface area contributed by atoms with Crippen LogP contribution >= 0.6 is 0 Å². The molecule has 0 aromatic heterocycles. The summed E-state index contributed by atoms with van der Waals surface area (Å²) in [6, 6.07) is -0.0432. The SMILES string of the molecule is COC(=O)C(CCCCNC(C)C)NC(C)=O. The first kappa shape index (κ1) is 15.9. The van der Waals surface area contributed by atoms with E-state index in [0.29, 0.717) is 12.5 Å². The molecule has 0 bridgehead atoms. The summed E-state index contributed by atoms with van der Waals surface area (Å²) < 4.78 is 4.64. The molecule has 0 aliphatic rings. The van der Waals surface area contributed by atoms with Crippen molar-refractivity contribution in [2.45, 2.75) is 52.1 Å². The smallest absolute Gasteiger partial charge is 0.328 e. The second-order valence-corrected chi connectivity index (χ2v) is 4.38. The van der Waals surface area contributed by atoms with E-state index in [9.17, 15) is 9.59 Å². The summed E-state index contributed by atoms with van der Waals surface area (Å²) in [4.78, 5) is 22.3. The molecule has 0 aromatic carbocycles. The maximum atomic E-state index is 11.4. The molecule has 0 saturated carbocycles. The summed E-state index contributed by atoms with van der Waals surface area (Å²) in [5, 5.41) is 5.90. The van der Waals surface area contributed by atoms with Gasteiger partial charge in [-0.25, -0.2) is 4.79 Å². The van der Waals surface area contributed by atoms with Crippen LogP contribution in [0.15, 0.2) is 0 Å². The van der Waals surface area contributed by atoms with Crippen LogP contribution in [0.2, 0.25) is 0 Å². The van der Waals surface area contributed by atoms with E-state index in [0.717, 1.165) is 19.4 Å². The van der Waals surface area contributed by atoms with Crippen LogP contribution in [0.5, 0.6) is 0 Å². The fraction of sp³-hybridized carbons (Fsp3) is 0.833. The first-order valence-electron chi connectivity index (χ1n) is 6.05. The van der Waals surface area contributed by atoms with Crippen LogP contribution in [0.4, 0.5) is 0 Å². The molecule has 0 heterocycles. The van der Waals surface area contributed by atoms with Crippen molar-refractivity contribution in [3.05, 3.63) is 0 Å². The van der Waals surface area contributed by atoms with E-state index in [1.807, 2.05) is 0 Å². The van der Waals surface area contributed by atoms with Crippen LogP contribution < -0.4 is 10.6 Å². The Hall–Kier alpha value is -1.10. The molecule has 1 amide bonds. The average Bonchev–Trinajstić information content (AvgIpc) is 2.25. The lowest BCUT2D eigenvalue weighted by atomic mass is 10.1. The lowest BCUT2D eigenvalue weighted by Crippen LogP contribution is -2.40. The molecule has 1 atom stereocenters. The van der Waals surface area contributed by atoms with E-state index < -0.39 is 6.04 Å². The van der Waals surface area contributed by atoms with E-state index in [1.165, 1.54) is 14.0 Å². The van der Waals surface area contributed by atoms with E-state index in [-0.39, 0.29) is 11.9 Å². The molecule has 1 unspecified atom stereocenters. The highest BCUT2D eigenvalue weighted by molar-refractivity contribution is 5.83. The zero-order valence-corrected chi connectivity index (χ0v) is 11.2. The molecule has 0 fully saturated rings. The van der Waals surface area contributed by atoms with Crippen LogP contribution in [0.1, 0.15) is 40.0 Å². The number of carbonyl (C=O) groups excluding carboxylic acids is 2. The number of unbranched alkanes of at least 4 members (excludes halogenated alkanes) is 1. The van der Waals surface area contributed by atoms with Gasteiger partial charge in [-0.3, -0.25) is 4.79 Å². The number of esters is 1. The number of carbonyl (C=O) groups is 2. The van der Waals surface area contributed by atoms with Gasteiger partial charge in [-0.1, -0.05) is 13.8 Å². The molecular formula is C12H24N2O3. The summed E-state index contributed by atoms with van der Waals surface area (Å²) in [6.07, 6.45) is 2.47. The Morgan fingerprint density at radius 3 is 2.35 bits per heavy atom. The first-order valence-corrected chi connectivity index (χ1v) is 6.05. The van der Waals surface area contributed by atoms with Crippen molar-refractivity contribution >= 4 is 11.9 Å². The molecule has 0 spiro atoms. The molecule has 0 rings (SSSR count). The van der Waals surface area contributed by atoms with Gasteiger partial charge in [0.15, 0.2) is 0 Å². The third kappa shape index (κ3) is 8.68. The number of nitrogens with one attached hydrogen (secondary N) is 2. The highest BCUT2D eigenvalue weighted by Gasteiger charge is 2.19. The van der Waals surface area contributed by atoms with Crippen LogP contribution in [0.25, 0.3) is 0 Å². The quantitative estimate of drug-likeness (QED) is 0.490. The fourth-order valence-electron chi connectivity index (χ4n) is 1.50. The van der Waals surface area contributed by atoms with Gasteiger partial charge in [0, 0.05) is 13.0 Å². The molecule has 0 saturated heterocycles. The Bertz CT molecular complexity index is 242. The predicted octanol–water partition coefficient (Wildman–Crippen LogP) is 0.832. The summed E-state index contributed by atoms with van der Waals surface area (Å²) in [6.45, 7) is 6.50. The van der Waals surface area contributed by atoms with Gasteiger partial charge in [-0.2, -0.15) is 0 Å². The van der Waals surface area contributed by atoms with Crippen LogP contribution in [0.3, 0.4) is 0 Å². The van der Waals surface area contributed by atoms with Gasteiger partial charge in [0.2, 0.25) is 5.91 Å². The minimum Gasteiger partial charge on any atom is -0.467 e. The van der Waals surface area contributed by atoms with Gasteiger partial charge >= 0.3 is 5.97 Å². The molecule has 0 aliphatic carbocycles. The summed E-state index contributed by atoms with van der Waals surface area (Å²) in [5.74, 6) is -0.585. The van der Waals surface area contributed by atoms with Gasteiger partial charge in [-0.05, 0) is 25.8 Å². The number of methoxy groups -OCH3 is 1. The fourth-order valence-corrected chi connectivity index (χ4v) is 1.50. The van der Waals surface area contributed by atoms with Crippen LogP contribution in [0, 0.1) is 0 Å². The standard InChI is InChI=1S/C12H24N2O3/c1-9(2)13-8-6-5-7-11(12(16)17-4)14-10(3)15/h9,11,13H,5-8H2,1-4H3,(H,14,15). The van der Waals surface area contributed by atoms with Crippen LogP contribution in [-0.4, -0.2) is 37.6 Å². The third-order valence-electron chi connectivity index (χ3n) is 2.34. The van der Waals surface area contributed by atoms with E-state index in [1.54, 1.807) is 0 Å². The summed E-state index contributed by atoms with van der Waals surface area (Å²) in [7, 11) is 1.33. The van der Waals surface area contributed by atoms with Crippen molar-refractivity contribution in [1.29, 1.82) is 0 Å². The monoisotopic (exact) mass is 244 g/mol. The van der Waals surface area contributed by atoms with Gasteiger partial charge in [0.25, 0.3) is 0 Å². The molecule has 5 heteroatoms. The molecule has 100 valence electrons. The lowest BCUT2D eigenvalue weighted by Gasteiger charge is -2.15. The highest BCUT2D eigenvalue weighted by atomic mass is 16.5. The number of hydrogen-bond acceptors (Lipinski definition) is 4. The van der Waals surface area contributed by atoms with Crippen molar-refractivity contribution in [3.63, 3.8) is 0 Å². The van der Waals surface area contributed by atoms with Crippen molar-refractivity contribution in [2.75, 3.05) is 13.7 Å². The molecule has 17 heavy (non-hydrogen) atoms. The van der Waals surface area contributed by atoms with E-state index >= 15 is 0 Å². The van der Waals surface area contributed by atoms with Gasteiger partial charge in [-0.15, -0.1) is 0 Å². The number of amides is 1. The number of ether oxygens (including phenoxy) is 1. The number of rotatable bonds is 8. The first-order chi connectivity index (χ1) is 7.97. The van der Waals surface area contributed by atoms with Crippen molar-refractivity contribution in [3.8, 4) is 0 Å². The second-order valence-electron chi connectivity index (χ2n) is 4.38. The zero-order chi connectivity index (χ0) is 13.3. The maximum absolute atomic E-state index is 11.4. The molecular weight excluding hydrogens is 220 g/mol. The van der Waals surface area contributed by atoms with Crippen molar-refractivity contribution < 1.29 is 14.3 Å². The normalized spacial score (nSPS) is 12.3. The van der Waals surface area contributed by atoms with Gasteiger partial charge in [0.05, 0.1) is 7.11 Å². The molecule has 0 aliphatic heterocycles. The Balaban J connectivity index is 3.84. The van der Waals surface area contributed by atoms with Crippen molar-refractivity contribution in [1.82, 2.24) is 10.6 Å². The molecule has 0 aromatic rings. The Kier molecular flexibility index (Phi) is 8.40. The number of hydrogen-bond donors (Lipinski definition) is 2. The Morgan fingerprint density at radius 2 is 1.88 bits per heavy atom. The molecule has 0 radical (unpaired) electrons. The van der Waals surface area contributed by atoms with Gasteiger partial charge < -0.3 is 15.4 Å². The molecule has 2 N–H and O–H groups in total. The lowest BCUT2D eigenvalue weighted by molar-refractivity contribution is -0.145. The third-order valence-corrected chi connectivity index (χ3v) is 2.34. The highest BCUT2D eigenvalue weighted by Crippen LogP contribution is 2.02. The average molecular weight is 244 g/mol. The summed E-state index contributed by atoms with van der Waals surface area (Å²) >= 11 is 0. The molecule has 5 nitrogen and oxygen atoms in total. The van der Waals surface area contributed by atoms with E-state index in [4.69, 9.17) is 0 Å². The maximum Gasteiger partial charge on any atom is 0.328 e.